The molecule has 1 aromatic heterocycles. The number of nitro benzene ring substituents is 1. The largest absolute Gasteiger partial charge is 0.375 e. The topological polar surface area (TPSA) is 153 Å². The van der Waals surface area contributed by atoms with E-state index in [0.29, 0.717) is 16.5 Å². The van der Waals surface area contributed by atoms with Gasteiger partial charge in [0, 0.05) is 17.5 Å². The van der Waals surface area contributed by atoms with E-state index in [1.165, 1.54) is 35.6 Å². The Labute approximate surface area is 180 Å². The number of anilines is 3. The Hall–Kier alpha value is -3.22. The molecule has 13 heteroatoms. The number of nitro groups is 1. The second-order valence-electron chi connectivity index (χ2n) is 5.90. The number of nitrogen functional groups attached to an aromatic ring is 1. The van der Waals surface area contributed by atoms with Crippen molar-refractivity contribution in [3.8, 4) is 0 Å². The molecule has 0 unspecified atom stereocenters. The number of benzene rings is 2. The number of aromatic nitrogens is 1. The maximum atomic E-state index is 13.0. The fourth-order valence-electron chi connectivity index (χ4n) is 2.34. The van der Waals surface area contributed by atoms with Gasteiger partial charge in [0.1, 0.15) is 4.90 Å². The number of hydrazone groups is 1. The Kier molecular flexibility index (Phi) is 6.20. The van der Waals surface area contributed by atoms with Crippen LogP contribution in [0.4, 0.5) is 22.2 Å². The Bertz CT molecular complexity index is 1240. The molecule has 1 heterocycles. The van der Waals surface area contributed by atoms with Gasteiger partial charge in [-0.1, -0.05) is 23.7 Å². The molecule has 0 fully saturated rings. The number of para-hydroxylation sites is 1. The molecule has 156 valence electrons. The lowest BCUT2D eigenvalue weighted by molar-refractivity contribution is -0.385. The van der Waals surface area contributed by atoms with E-state index in [-0.39, 0.29) is 21.3 Å². The highest BCUT2D eigenvalue weighted by Gasteiger charge is 2.23. The number of nitrogens with two attached hydrogens (primary N) is 1. The minimum Gasteiger partial charge on any atom is -0.375 e. The molecule has 0 atom stereocenters. The van der Waals surface area contributed by atoms with Gasteiger partial charge >= 0.3 is 0 Å². The molecule has 10 nitrogen and oxygen atoms in total. The Morgan fingerprint density at radius 1 is 1.27 bits per heavy atom. The first kappa shape index (κ1) is 21.5. The summed E-state index contributed by atoms with van der Waals surface area (Å²) in [5.74, 6) is 0. The SMILES string of the molecule is C/C(=N\Nc1ccc([N+](=O)[O-])cc1S(=O)(=O)Nc1ccccc1Cl)c1csc(N)n1. The lowest BCUT2D eigenvalue weighted by atomic mass is 10.3. The van der Waals surface area contributed by atoms with Gasteiger partial charge in [0.2, 0.25) is 0 Å². The number of hydrogen-bond donors (Lipinski definition) is 3. The van der Waals surface area contributed by atoms with Crippen LogP contribution in [0, 0.1) is 10.1 Å². The molecule has 3 rings (SSSR count). The zero-order valence-corrected chi connectivity index (χ0v) is 17.8. The molecule has 0 bridgehead atoms. The molecule has 0 aliphatic heterocycles. The molecule has 0 aliphatic rings. The van der Waals surface area contributed by atoms with E-state index in [4.69, 9.17) is 17.3 Å². The van der Waals surface area contributed by atoms with Crippen molar-refractivity contribution in [2.24, 2.45) is 5.10 Å². The van der Waals surface area contributed by atoms with E-state index < -0.39 is 20.6 Å². The van der Waals surface area contributed by atoms with Crippen molar-refractivity contribution in [3.63, 3.8) is 0 Å². The normalized spacial score (nSPS) is 11.9. The number of nitrogens with zero attached hydrogens (tertiary/aromatic N) is 3. The van der Waals surface area contributed by atoms with Crippen LogP contribution in [0.15, 0.2) is 57.8 Å². The Balaban J connectivity index is 2.00. The number of sulfonamides is 1. The predicted molar refractivity (Wildman–Crippen MR) is 118 cm³/mol. The minimum absolute atomic E-state index is 0.0303. The molecule has 0 aliphatic carbocycles. The Morgan fingerprint density at radius 2 is 2.00 bits per heavy atom. The fraction of sp³-hybridized carbons (Fsp3) is 0.0588. The summed E-state index contributed by atoms with van der Waals surface area (Å²) in [5.41, 5.74) is 8.97. The molecule has 0 saturated carbocycles. The molecule has 30 heavy (non-hydrogen) atoms. The second kappa shape index (κ2) is 8.65. The van der Waals surface area contributed by atoms with Gasteiger partial charge in [-0.3, -0.25) is 20.3 Å². The molecular weight excluding hydrogens is 452 g/mol. The van der Waals surface area contributed by atoms with Gasteiger partial charge in [-0.2, -0.15) is 5.10 Å². The van der Waals surface area contributed by atoms with E-state index in [9.17, 15) is 18.5 Å². The molecule has 3 aromatic rings. The fourth-order valence-corrected chi connectivity index (χ4v) is 4.44. The van der Waals surface area contributed by atoms with Crippen LogP contribution >= 0.6 is 22.9 Å². The maximum absolute atomic E-state index is 13.0. The zero-order valence-electron chi connectivity index (χ0n) is 15.4. The number of thiazole rings is 1. The maximum Gasteiger partial charge on any atom is 0.270 e. The van der Waals surface area contributed by atoms with Crippen molar-refractivity contribution >= 4 is 60.9 Å². The lowest BCUT2D eigenvalue weighted by Gasteiger charge is -2.13. The summed E-state index contributed by atoms with van der Waals surface area (Å²) in [5, 5.41) is 17.5. The van der Waals surface area contributed by atoms with Crippen LogP contribution in [-0.2, 0) is 10.0 Å². The van der Waals surface area contributed by atoms with Crippen LogP contribution in [0.1, 0.15) is 12.6 Å². The van der Waals surface area contributed by atoms with Gasteiger partial charge < -0.3 is 5.73 Å². The van der Waals surface area contributed by atoms with E-state index in [0.717, 1.165) is 6.07 Å². The van der Waals surface area contributed by atoms with Gasteiger partial charge in [-0.15, -0.1) is 11.3 Å². The molecular formula is C17H15ClN6O4S2. The number of halogens is 1. The summed E-state index contributed by atoms with van der Waals surface area (Å²) < 4.78 is 28.3. The van der Waals surface area contributed by atoms with Gasteiger partial charge in [-0.25, -0.2) is 13.4 Å². The van der Waals surface area contributed by atoms with Crippen molar-refractivity contribution in [2.75, 3.05) is 15.9 Å². The van der Waals surface area contributed by atoms with E-state index in [1.54, 1.807) is 24.4 Å². The summed E-state index contributed by atoms with van der Waals surface area (Å²) in [6.45, 7) is 1.66. The first-order chi connectivity index (χ1) is 14.2. The average Bonchev–Trinajstić information content (AvgIpc) is 3.14. The summed E-state index contributed by atoms with van der Waals surface area (Å²) in [6.07, 6.45) is 0. The highest BCUT2D eigenvalue weighted by Crippen LogP contribution is 2.30. The van der Waals surface area contributed by atoms with Crippen LogP contribution in [0.25, 0.3) is 0 Å². The van der Waals surface area contributed by atoms with Crippen molar-refractivity contribution in [1.29, 1.82) is 0 Å². The second-order valence-corrected chi connectivity index (χ2v) is 8.85. The summed E-state index contributed by atoms with van der Waals surface area (Å²) in [4.78, 5) is 14.2. The molecule has 4 N–H and O–H groups in total. The van der Waals surface area contributed by atoms with Crippen LogP contribution in [0.2, 0.25) is 5.02 Å². The third-order valence-electron chi connectivity index (χ3n) is 3.82. The number of hydrogen-bond acceptors (Lipinski definition) is 9. The number of rotatable bonds is 7. The molecule has 0 radical (unpaired) electrons. The highest BCUT2D eigenvalue weighted by atomic mass is 35.5. The third kappa shape index (κ3) is 4.84. The van der Waals surface area contributed by atoms with Crippen LogP contribution in [-0.4, -0.2) is 24.0 Å². The first-order valence-electron chi connectivity index (χ1n) is 8.25. The summed E-state index contributed by atoms with van der Waals surface area (Å²) in [7, 11) is -4.24. The van der Waals surface area contributed by atoms with E-state index in [2.05, 4.69) is 20.2 Å². The van der Waals surface area contributed by atoms with Gasteiger partial charge in [-0.05, 0) is 25.1 Å². The zero-order chi connectivity index (χ0) is 21.9. The first-order valence-corrected chi connectivity index (χ1v) is 11.0. The van der Waals surface area contributed by atoms with Crippen LogP contribution in [0.5, 0.6) is 0 Å². The smallest absolute Gasteiger partial charge is 0.270 e. The average molecular weight is 467 g/mol. The van der Waals surface area contributed by atoms with E-state index in [1.807, 2.05) is 0 Å². The molecule has 0 spiro atoms. The van der Waals surface area contributed by atoms with Crippen molar-refractivity contribution < 1.29 is 13.3 Å². The van der Waals surface area contributed by atoms with Crippen molar-refractivity contribution in [2.45, 2.75) is 11.8 Å². The van der Waals surface area contributed by atoms with Gasteiger partial charge in [0.05, 0.1) is 32.7 Å². The van der Waals surface area contributed by atoms with Crippen LogP contribution < -0.4 is 15.9 Å². The standard InChI is InChI=1S/C17H15ClN6O4S2/c1-10(15-9-29-17(19)20-15)21-22-14-7-6-11(24(25)26)8-16(14)30(27,28)23-13-5-3-2-4-12(13)18/h2-9,22-23H,1H3,(H2,19,20)/b21-10+. The number of nitrogens with one attached hydrogen (secondary N) is 2. The summed E-state index contributed by atoms with van der Waals surface area (Å²) in [6, 6.07) is 9.59. The lowest BCUT2D eigenvalue weighted by Crippen LogP contribution is -2.15. The third-order valence-corrected chi connectivity index (χ3v) is 6.23. The highest BCUT2D eigenvalue weighted by molar-refractivity contribution is 7.93. The number of non-ortho nitro benzene ring substituents is 1. The molecule has 0 saturated heterocycles. The van der Waals surface area contributed by atoms with E-state index >= 15 is 0 Å². The minimum atomic E-state index is -4.24. The molecule has 0 amide bonds. The quantitative estimate of drug-likeness (QED) is 0.271. The van der Waals surface area contributed by atoms with Crippen molar-refractivity contribution in [3.05, 3.63) is 68.7 Å². The van der Waals surface area contributed by atoms with Crippen molar-refractivity contribution in [1.82, 2.24) is 4.98 Å². The van der Waals surface area contributed by atoms with Crippen LogP contribution in [0.3, 0.4) is 0 Å². The monoisotopic (exact) mass is 466 g/mol. The summed E-state index contributed by atoms with van der Waals surface area (Å²) >= 11 is 7.26. The van der Waals surface area contributed by atoms with Gasteiger partial charge in [0.15, 0.2) is 5.13 Å². The van der Waals surface area contributed by atoms with Gasteiger partial charge in [0.25, 0.3) is 15.7 Å². The Morgan fingerprint density at radius 3 is 2.63 bits per heavy atom. The predicted octanol–water partition coefficient (Wildman–Crippen LogP) is 3.92. The molecule has 2 aromatic carbocycles.